The number of ether oxygens (including phenoxy) is 1. The predicted molar refractivity (Wildman–Crippen MR) is 127 cm³/mol. The number of morpholine rings is 1. The standard InChI is InChI=1S/C23H28N6O2S/c1-15-14-31-12-11-29(15)21-13-19(17-5-7-18(8-6-17)32(4,24)30)16(2)22(27-21)23(25-3)20-9-10-26-28-20/h5-10,13,15,24H,11-12,14H2,1-4H3,(H,26,28)/b25-23-/t15-,32?/m1/s1. The van der Waals surface area contributed by atoms with E-state index in [-0.39, 0.29) is 6.04 Å². The fourth-order valence-corrected chi connectivity index (χ4v) is 4.62. The van der Waals surface area contributed by atoms with E-state index < -0.39 is 9.73 Å². The molecule has 0 radical (unpaired) electrons. The molecule has 3 aromatic rings. The molecule has 0 spiro atoms. The van der Waals surface area contributed by atoms with E-state index in [1.165, 1.54) is 6.26 Å². The van der Waals surface area contributed by atoms with Crippen molar-refractivity contribution in [2.75, 3.05) is 38.0 Å². The summed E-state index contributed by atoms with van der Waals surface area (Å²) in [5.41, 5.74) is 5.19. The molecule has 1 aromatic carbocycles. The average Bonchev–Trinajstić information content (AvgIpc) is 3.30. The third-order valence-corrected chi connectivity index (χ3v) is 6.90. The molecule has 2 N–H and O–H groups in total. The highest BCUT2D eigenvalue weighted by atomic mass is 32.2. The molecule has 4 rings (SSSR count). The molecule has 3 heterocycles. The van der Waals surface area contributed by atoms with Crippen LogP contribution in [0.1, 0.15) is 23.9 Å². The van der Waals surface area contributed by atoms with Crippen molar-refractivity contribution in [3.8, 4) is 11.1 Å². The van der Waals surface area contributed by atoms with Crippen LogP contribution < -0.4 is 4.90 Å². The molecule has 0 amide bonds. The Labute approximate surface area is 188 Å². The minimum absolute atomic E-state index is 0.197. The number of aromatic nitrogens is 3. The maximum atomic E-state index is 12.1. The van der Waals surface area contributed by atoms with Gasteiger partial charge in [0.2, 0.25) is 0 Å². The van der Waals surface area contributed by atoms with E-state index >= 15 is 0 Å². The molecular formula is C23H28N6O2S. The lowest BCUT2D eigenvalue weighted by molar-refractivity contribution is 0.0985. The molecule has 1 fully saturated rings. The topological polar surface area (TPSA) is 107 Å². The first-order valence-corrected chi connectivity index (χ1v) is 12.4. The monoisotopic (exact) mass is 452 g/mol. The number of aromatic amines is 1. The van der Waals surface area contributed by atoms with Crippen LogP contribution >= 0.6 is 0 Å². The number of aliphatic imine (C=N–C) groups is 1. The molecular weight excluding hydrogens is 424 g/mol. The minimum Gasteiger partial charge on any atom is -0.377 e. The van der Waals surface area contributed by atoms with Gasteiger partial charge in [-0.05, 0) is 54.8 Å². The van der Waals surface area contributed by atoms with Crippen LogP contribution in [0.5, 0.6) is 0 Å². The number of nitrogens with one attached hydrogen (secondary N) is 2. The Balaban J connectivity index is 1.90. The van der Waals surface area contributed by atoms with Gasteiger partial charge in [0.05, 0.1) is 34.7 Å². The summed E-state index contributed by atoms with van der Waals surface area (Å²) in [6.07, 6.45) is 3.20. The van der Waals surface area contributed by atoms with Gasteiger partial charge in [0, 0.05) is 30.9 Å². The van der Waals surface area contributed by atoms with Crippen LogP contribution in [0, 0.1) is 11.7 Å². The van der Waals surface area contributed by atoms with E-state index in [4.69, 9.17) is 14.5 Å². The lowest BCUT2D eigenvalue weighted by atomic mass is 9.97. The number of H-pyrrole nitrogens is 1. The van der Waals surface area contributed by atoms with Gasteiger partial charge in [0.1, 0.15) is 17.2 Å². The summed E-state index contributed by atoms with van der Waals surface area (Å²) in [5.74, 6) is 0.858. The second kappa shape index (κ2) is 8.84. The van der Waals surface area contributed by atoms with Crippen molar-refractivity contribution in [1.82, 2.24) is 15.2 Å². The van der Waals surface area contributed by atoms with Crippen molar-refractivity contribution in [2.45, 2.75) is 24.8 Å². The molecule has 9 heteroatoms. The fraction of sp³-hybridized carbons (Fsp3) is 0.348. The zero-order valence-electron chi connectivity index (χ0n) is 18.8. The number of nitrogens with zero attached hydrogens (tertiary/aromatic N) is 4. The zero-order valence-corrected chi connectivity index (χ0v) is 19.6. The Morgan fingerprint density at radius 1 is 1.31 bits per heavy atom. The van der Waals surface area contributed by atoms with Crippen LogP contribution in [0.25, 0.3) is 11.1 Å². The molecule has 0 aliphatic carbocycles. The Morgan fingerprint density at radius 2 is 2.06 bits per heavy atom. The maximum absolute atomic E-state index is 12.1. The van der Waals surface area contributed by atoms with E-state index in [1.54, 1.807) is 25.4 Å². The summed E-state index contributed by atoms with van der Waals surface area (Å²) in [7, 11) is -1.02. The molecule has 168 valence electrons. The van der Waals surface area contributed by atoms with Crippen molar-refractivity contribution in [2.24, 2.45) is 4.99 Å². The molecule has 2 atom stereocenters. The molecule has 0 saturated carbocycles. The Bertz CT molecular complexity index is 1230. The Hall–Kier alpha value is -3.04. The Morgan fingerprint density at radius 3 is 2.66 bits per heavy atom. The van der Waals surface area contributed by atoms with Gasteiger partial charge in [-0.25, -0.2) is 14.0 Å². The van der Waals surface area contributed by atoms with E-state index in [9.17, 15) is 4.21 Å². The number of benzene rings is 1. The Kier molecular flexibility index (Phi) is 6.12. The normalized spacial score (nSPS) is 19.1. The van der Waals surface area contributed by atoms with Gasteiger partial charge < -0.3 is 9.64 Å². The van der Waals surface area contributed by atoms with Crippen molar-refractivity contribution in [3.63, 3.8) is 0 Å². The van der Waals surface area contributed by atoms with Gasteiger partial charge in [-0.2, -0.15) is 5.10 Å². The number of rotatable bonds is 5. The van der Waals surface area contributed by atoms with Gasteiger partial charge in [-0.1, -0.05) is 12.1 Å². The highest BCUT2D eigenvalue weighted by Gasteiger charge is 2.24. The molecule has 1 saturated heterocycles. The van der Waals surface area contributed by atoms with Gasteiger partial charge in [-0.15, -0.1) is 0 Å². The van der Waals surface area contributed by atoms with Crippen LogP contribution in [0.4, 0.5) is 5.82 Å². The predicted octanol–water partition coefficient (Wildman–Crippen LogP) is 3.51. The van der Waals surface area contributed by atoms with Crippen LogP contribution in [0.15, 0.2) is 52.5 Å². The summed E-state index contributed by atoms with van der Waals surface area (Å²) < 4.78 is 25.6. The average molecular weight is 453 g/mol. The van der Waals surface area contributed by atoms with E-state index in [0.717, 1.165) is 40.4 Å². The van der Waals surface area contributed by atoms with Crippen molar-refractivity contribution in [3.05, 3.63) is 59.5 Å². The molecule has 0 bridgehead atoms. The molecule has 1 unspecified atom stereocenters. The van der Waals surface area contributed by atoms with Crippen molar-refractivity contribution in [1.29, 1.82) is 4.78 Å². The first-order chi connectivity index (χ1) is 15.3. The van der Waals surface area contributed by atoms with E-state index in [2.05, 4.69) is 33.1 Å². The second-order valence-electron chi connectivity index (χ2n) is 8.02. The molecule has 1 aliphatic rings. The summed E-state index contributed by atoms with van der Waals surface area (Å²) in [5, 5.41) is 7.18. The number of hydrogen-bond acceptors (Lipinski definition) is 7. The van der Waals surface area contributed by atoms with Gasteiger partial charge >= 0.3 is 0 Å². The molecule has 2 aromatic heterocycles. The van der Waals surface area contributed by atoms with Gasteiger partial charge in [0.25, 0.3) is 0 Å². The fourth-order valence-electron chi connectivity index (χ4n) is 3.97. The van der Waals surface area contributed by atoms with Crippen LogP contribution in [-0.2, 0) is 14.5 Å². The van der Waals surface area contributed by atoms with Crippen LogP contribution in [0.3, 0.4) is 0 Å². The zero-order chi connectivity index (χ0) is 22.9. The summed E-state index contributed by atoms with van der Waals surface area (Å²) in [6, 6.07) is 11.5. The van der Waals surface area contributed by atoms with Crippen molar-refractivity contribution < 1.29 is 8.95 Å². The first kappa shape index (κ1) is 22.2. The highest BCUT2D eigenvalue weighted by molar-refractivity contribution is 7.91. The molecule has 8 nitrogen and oxygen atoms in total. The van der Waals surface area contributed by atoms with Gasteiger partial charge in [0.15, 0.2) is 0 Å². The van der Waals surface area contributed by atoms with E-state index in [0.29, 0.717) is 23.8 Å². The quantitative estimate of drug-likeness (QED) is 0.576. The summed E-state index contributed by atoms with van der Waals surface area (Å²) in [4.78, 5) is 12.3. The van der Waals surface area contributed by atoms with E-state index in [1.807, 2.05) is 25.1 Å². The highest BCUT2D eigenvalue weighted by Crippen LogP contribution is 2.32. The second-order valence-corrected chi connectivity index (χ2v) is 10.2. The minimum atomic E-state index is -2.76. The van der Waals surface area contributed by atoms with Crippen LogP contribution in [-0.4, -0.2) is 64.2 Å². The maximum Gasteiger partial charge on any atom is 0.130 e. The molecule has 32 heavy (non-hydrogen) atoms. The SMILES string of the molecule is C/N=C(/c1cc[nH]n1)c1nc(N2CCOC[C@H]2C)cc(-c2ccc(S(C)(=N)=O)cc2)c1C. The number of pyridine rings is 1. The van der Waals surface area contributed by atoms with Crippen LogP contribution in [0.2, 0.25) is 0 Å². The van der Waals surface area contributed by atoms with Crippen molar-refractivity contribution >= 4 is 21.3 Å². The summed E-state index contributed by atoms with van der Waals surface area (Å²) in [6.45, 7) is 6.22. The van der Waals surface area contributed by atoms with Gasteiger partial charge in [-0.3, -0.25) is 10.1 Å². The number of anilines is 1. The lowest BCUT2D eigenvalue weighted by Crippen LogP contribution is -2.44. The smallest absolute Gasteiger partial charge is 0.130 e. The largest absolute Gasteiger partial charge is 0.377 e. The summed E-state index contributed by atoms with van der Waals surface area (Å²) >= 11 is 0. The number of hydrogen-bond donors (Lipinski definition) is 2. The first-order valence-electron chi connectivity index (χ1n) is 10.5. The lowest BCUT2D eigenvalue weighted by Gasteiger charge is -2.35. The molecule has 1 aliphatic heterocycles. The third kappa shape index (κ3) is 4.31. The third-order valence-electron chi connectivity index (χ3n) is 5.73.